The molecule has 7 nitrogen and oxygen atoms in total. The van der Waals surface area contributed by atoms with E-state index >= 15 is 4.39 Å². The molecule has 2 aliphatic rings. The molecule has 1 saturated carbocycles. The van der Waals surface area contributed by atoms with E-state index in [1.807, 2.05) is 0 Å². The Hall–Kier alpha value is -2.68. The smallest absolute Gasteiger partial charge is 0.341 e. The molecule has 0 unspecified atom stereocenters. The fourth-order valence-corrected chi connectivity index (χ4v) is 4.18. The Morgan fingerprint density at radius 2 is 2.17 bits per heavy atom. The van der Waals surface area contributed by atoms with Gasteiger partial charge >= 0.3 is 5.97 Å². The topological polar surface area (TPSA) is 97.8 Å². The first-order chi connectivity index (χ1) is 13.9. The number of methoxy groups -OCH3 is 1. The van der Waals surface area contributed by atoms with Crippen LogP contribution in [0.25, 0.3) is 10.9 Å². The van der Waals surface area contributed by atoms with Gasteiger partial charge in [-0.3, -0.25) is 9.18 Å². The van der Waals surface area contributed by atoms with Gasteiger partial charge in [-0.15, -0.1) is 0 Å². The molecule has 3 N–H and O–H groups in total. The second-order valence-electron chi connectivity index (χ2n) is 7.96. The number of ether oxygens (including phenoxy) is 1. The molecule has 0 bridgehead atoms. The van der Waals surface area contributed by atoms with Crippen molar-refractivity contribution in [3.8, 4) is 5.75 Å². The van der Waals surface area contributed by atoms with Crippen LogP contribution in [0.5, 0.6) is 5.75 Å². The monoisotopic (exact) mass is 407 g/mol. The van der Waals surface area contributed by atoms with Crippen LogP contribution in [0.15, 0.2) is 17.1 Å². The number of carboxylic acids is 1. The number of carbonyl (C=O) groups is 1. The molecule has 0 amide bonds. The van der Waals surface area contributed by atoms with Crippen LogP contribution in [0.1, 0.15) is 35.7 Å². The summed E-state index contributed by atoms with van der Waals surface area (Å²) < 4.78 is 36.0. The number of alkyl halides is 1. The van der Waals surface area contributed by atoms with E-state index in [2.05, 4.69) is 0 Å². The van der Waals surface area contributed by atoms with Crippen molar-refractivity contribution < 1.29 is 23.4 Å². The molecule has 1 aliphatic carbocycles. The number of hydrogen-bond donors (Lipinski definition) is 2. The standard InChI is InChI=1S/C20H23F2N3O4/c1-29-18-15-12(17(26)13(19(27)28)7-25(15)11-2-3-11)6-14(22)16(18)24-5-4-20(8-21,9-23)10-24/h6-7,11H,2-5,8-10,23H2,1H3,(H,27,28)/t20-/m0/s1. The molecule has 1 aromatic heterocycles. The molecule has 0 spiro atoms. The third-order valence-corrected chi connectivity index (χ3v) is 6.04. The van der Waals surface area contributed by atoms with E-state index in [9.17, 15) is 19.1 Å². The minimum Gasteiger partial charge on any atom is -0.492 e. The molecule has 4 rings (SSSR count). The Balaban J connectivity index is 1.97. The van der Waals surface area contributed by atoms with Gasteiger partial charge in [0.25, 0.3) is 0 Å². The van der Waals surface area contributed by atoms with Crippen LogP contribution in [-0.2, 0) is 0 Å². The predicted molar refractivity (Wildman–Crippen MR) is 104 cm³/mol. The highest BCUT2D eigenvalue weighted by molar-refractivity contribution is 5.97. The molecule has 29 heavy (non-hydrogen) atoms. The minimum atomic E-state index is -1.36. The number of aromatic nitrogens is 1. The maximum atomic E-state index is 15.2. The summed E-state index contributed by atoms with van der Waals surface area (Å²) in [6.07, 6.45) is 3.45. The van der Waals surface area contributed by atoms with Gasteiger partial charge in [0.05, 0.1) is 24.7 Å². The first kappa shape index (κ1) is 19.6. The van der Waals surface area contributed by atoms with Crippen LogP contribution >= 0.6 is 0 Å². The number of hydrogen-bond acceptors (Lipinski definition) is 5. The number of anilines is 1. The van der Waals surface area contributed by atoms with Gasteiger partial charge in [-0.1, -0.05) is 0 Å². The number of carboxylic acid groups (broad SMARTS) is 1. The van der Waals surface area contributed by atoms with E-state index in [4.69, 9.17) is 10.5 Å². The largest absolute Gasteiger partial charge is 0.492 e. The highest BCUT2D eigenvalue weighted by atomic mass is 19.1. The first-order valence-corrected chi connectivity index (χ1v) is 9.55. The van der Waals surface area contributed by atoms with E-state index < -0.39 is 34.9 Å². The SMILES string of the molecule is COc1c(N2CC[C@@](CN)(CF)C2)c(F)cc2c(=O)c(C(=O)O)cn(C3CC3)c12. The zero-order chi connectivity index (χ0) is 20.9. The number of aromatic carboxylic acids is 1. The van der Waals surface area contributed by atoms with Crippen molar-refractivity contribution in [3.63, 3.8) is 0 Å². The van der Waals surface area contributed by atoms with Crippen LogP contribution in [0.4, 0.5) is 14.5 Å². The summed E-state index contributed by atoms with van der Waals surface area (Å²) >= 11 is 0. The fourth-order valence-electron chi connectivity index (χ4n) is 4.18. The molecular formula is C20H23F2N3O4. The molecule has 1 aromatic carbocycles. The molecular weight excluding hydrogens is 384 g/mol. The average molecular weight is 407 g/mol. The molecule has 0 radical (unpaired) electrons. The van der Waals surface area contributed by atoms with Crippen molar-refractivity contribution in [2.75, 3.05) is 38.3 Å². The normalized spacial score (nSPS) is 21.7. The first-order valence-electron chi connectivity index (χ1n) is 9.55. The number of halogens is 2. The van der Waals surface area contributed by atoms with E-state index in [1.54, 1.807) is 9.47 Å². The van der Waals surface area contributed by atoms with E-state index in [0.717, 1.165) is 18.9 Å². The number of rotatable bonds is 6. The predicted octanol–water partition coefficient (Wildman–Crippen LogP) is 2.31. The van der Waals surface area contributed by atoms with E-state index in [1.165, 1.54) is 13.3 Å². The van der Waals surface area contributed by atoms with Gasteiger partial charge in [0.2, 0.25) is 5.43 Å². The number of pyridine rings is 1. The quantitative estimate of drug-likeness (QED) is 0.763. The molecule has 1 saturated heterocycles. The van der Waals surface area contributed by atoms with Crippen LogP contribution < -0.4 is 20.8 Å². The van der Waals surface area contributed by atoms with Crippen LogP contribution in [0.2, 0.25) is 0 Å². The van der Waals surface area contributed by atoms with Gasteiger partial charge in [-0.05, 0) is 25.3 Å². The second kappa shape index (κ2) is 6.98. The lowest BCUT2D eigenvalue weighted by atomic mass is 9.89. The van der Waals surface area contributed by atoms with Crippen LogP contribution in [0.3, 0.4) is 0 Å². The summed E-state index contributed by atoms with van der Waals surface area (Å²) in [6, 6.07) is 1.09. The van der Waals surface area contributed by atoms with Gasteiger partial charge in [0.15, 0.2) is 11.6 Å². The zero-order valence-electron chi connectivity index (χ0n) is 16.1. The van der Waals surface area contributed by atoms with E-state index in [0.29, 0.717) is 18.5 Å². The Kier molecular flexibility index (Phi) is 4.72. The van der Waals surface area contributed by atoms with Gasteiger partial charge in [0.1, 0.15) is 11.3 Å². The Bertz CT molecular complexity index is 1040. The highest BCUT2D eigenvalue weighted by Crippen LogP contribution is 2.45. The van der Waals surface area contributed by atoms with Crippen molar-refractivity contribution >= 4 is 22.6 Å². The molecule has 156 valence electrons. The number of nitrogens with zero attached hydrogens (tertiary/aromatic N) is 2. The molecule has 2 aromatic rings. The van der Waals surface area contributed by atoms with Crippen molar-refractivity contribution in [3.05, 3.63) is 33.9 Å². The third-order valence-electron chi connectivity index (χ3n) is 6.04. The van der Waals surface area contributed by atoms with Gasteiger partial charge < -0.3 is 25.0 Å². The summed E-state index contributed by atoms with van der Waals surface area (Å²) in [6.45, 7) is 0.180. The van der Waals surface area contributed by atoms with Gasteiger partial charge in [-0.25, -0.2) is 9.18 Å². The van der Waals surface area contributed by atoms with Crippen molar-refractivity contribution in [1.29, 1.82) is 0 Å². The molecule has 9 heteroatoms. The third kappa shape index (κ3) is 3.04. The summed E-state index contributed by atoms with van der Waals surface area (Å²) in [5.74, 6) is -1.90. The molecule has 2 heterocycles. The number of nitrogens with two attached hydrogens (primary N) is 1. The fraction of sp³-hybridized carbons (Fsp3) is 0.500. The average Bonchev–Trinajstić information content (AvgIpc) is 3.46. The maximum Gasteiger partial charge on any atom is 0.341 e. The van der Waals surface area contributed by atoms with Crippen LogP contribution in [0, 0.1) is 11.2 Å². The second-order valence-corrected chi connectivity index (χ2v) is 7.96. The Labute approximate surface area is 165 Å². The van der Waals surface area contributed by atoms with Crippen molar-refractivity contribution in [2.24, 2.45) is 11.1 Å². The lowest BCUT2D eigenvalue weighted by molar-refractivity contribution is 0.0695. The van der Waals surface area contributed by atoms with Gasteiger partial charge in [0, 0.05) is 37.3 Å². The van der Waals surface area contributed by atoms with Crippen molar-refractivity contribution in [1.82, 2.24) is 4.57 Å². The maximum absolute atomic E-state index is 15.2. The Morgan fingerprint density at radius 3 is 2.69 bits per heavy atom. The highest BCUT2D eigenvalue weighted by Gasteiger charge is 2.40. The summed E-state index contributed by atoms with van der Waals surface area (Å²) in [5, 5.41) is 9.36. The number of fused-ring (bicyclic) bond motifs is 1. The lowest BCUT2D eigenvalue weighted by Gasteiger charge is -2.27. The summed E-state index contributed by atoms with van der Waals surface area (Å²) in [7, 11) is 1.38. The van der Waals surface area contributed by atoms with Gasteiger partial charge in [-0.2, -0.15) is 0 Å². The lowest BCUT2D eigenvalue weighted by Crippen LogP contribution is -2.36. The Morgan fingerprint density at radius 1 is 1.45 bits per heavy atom. The summed E-state index contributed by atoms with van der Waals surface area (Å²) in [4.78, 5) is 25.9. The molecule has 1 aliphatic heterocycles. The molecule has 1 atom stereocenters. The number of benzene rings is 1. The zero-order valence-corrected chi connectivity index (χ0v) is 16.1. The minimum absolute atomic E-state index is 0.0240. The molecule has 2 fully saturated rings. The van der Waals surface area contributed by atoms with E-state index in [-0.39, 0.29) is 36.0 Å². The van der Waals surface area contributed by atoms with Crippen LogP contribution in [-0.4, -0.2) is 49.1 Å². The summed E-state index contributed by atoms with van der Waals surface area (Å²) in [5.41, 5.74) is 4.39. The van der Waals surface area contributed by atoms with Crippen molar-refractivity contribution in [2.45, 2.75) is 25.3 Å².